The SMILES string of the molecule is CC1OC(OC2C(CO)OC(OC3C(CO)OC(NCc4ccccc4)C(O)C3O)C(O)C2O)C(O)C(O)C1NC1C=C(CO)C(O)C(O)C1O. The predicted octanol–water partition coefficient (Wildman–Crippen LogP) is -6.77. The van der Waals surface area contributed by atoms with Gasteiger partial charge < -0.3 is 90.3 Å². The lowest BCUT2D eigenvalue weighted by molar-refractivity contribution is -0.368. The third-order valence-electron chi connectivity index (χ3n) is 9.85. The highest BCUT2D eigenvalue weighted by atomic mass is 16.7. The van der Waals surface area contributed by atoms with Crippen molar-refractivity contribution in [2.75, 3.05) is 19.8 Å². The second-order valence-corrected chi connectivity index (χ2v) is 13.3. The molecular weight excluding hydrogens is 684 g/mol. The Morgan fingerprint density at radius 1 is 0.647 bits per heavy atom. The Labute approximate surface area is 292 Å². The maximum atomic E-state index is 11.1. The summed E-state index contributed by atoms with van der Waals surface area (Å²) in [7, 11) is 0. The van der Waals surface area contributed by atoms with Crippen LogP contribution in [-0.2, 0) is 30.2 Å². The minimum absolute atomic E-state index is 0.0294. The molecule has 3 fully saturated rings. The average Bonchev–Trinajstić information content (AvgIpc) is 3.13. The quantitative estimate of drug-likeness (QED) is 0.0888. The molecule has 3 aliphatic heterocycles. The zero-order valence-electron chi connectivity index (χ0n) is 27.7. The fraction of sp³-hybridized carbons (Fsp3) is 0.750. The van der Waals surface area contributed by atoms with E-state index in [1.165, 1.54) is 13.0 Å². The number of benzene rings is 1. The largest absolute Gasteiger partial charge is 0.394 e. The first kappa shape index (κ1) is 40.4. The molecule has 1 aliphatic carbocycles. The number of hydrogen-bond acceptors (Lipinski definition) is 19. The van der Waals surface area contributed by atoms with E-state index >= 15 is 0 Å². The molecule has 1 aromatic carbocycles. The molecule has 4 aliphatic rings. The van der Waals surface area contributed by atoms with Gasteiger partial charge in [-0.05, 0) is 18.1 Å². The maximum Gasteiger partial charge on any atom is 0.187 e. The van der Waals surface area contributed by atoms with Crippen molar-refractivity contribution in [2.24, 2.45) is 0 Å². The molecule has 0 spiro atoms. The first-order valence-corrected chi connectivity index (χ1v) is 16.8. The zero-order chi connectivity index (χ0) is 37.1. The lowest BCUT2D eigenvalue weighted by Crippen LogP contribution is -2.68. The summed E-state index contributed by atoms with van der Waals surface area (Å²) in [5.41, 5.74) is 0.894. The van der Waals surface area contributed by atoms with Crippen molar-refractivity contribution < 1.29 is 85.0 Å². The van der Waals surface area contributed by atoms with Crippen LogP contribution in [0.2, 0.25) is 0 Å². The van der Waals surface area contributed by atoms with Gasteiger partial charge in [0.1, 0.15) is 85.6 Å². The highest BCUT2D eigenvalue weighted by Crippen LogP contribution is 2.33. The van der Waals surface area contributed by atoms with Crippen LogP contribution in [0.3, 0.4) is 0 Å². The van der Waals surface area contributed by atoms with Crippen LogP contribution in [0.1, 0.15) is 12.5 Å². The molecule has 19 unspecified atom stereocenters. The maximum absolute atomic E-state index is 11.1. The van der Waals surface area contributed by atoms with Crippen molar-refractivity contribution in [2.45, 2.75) is 130 Å². The monoisotopic (exact) mass is 734 g/mol. The highest BCUT2D eigenvalue weighted by molar-refractivity contribution is 5.22. The van der Waals surface area contributed by atoms with Crippen molar-refractivity contribution in [3.05, 3.63) is 47.5 Å². The fourth-order valence-corrected chi connectivity index (χ4v) is 6.82. The van der Waals surface area contributed by atoms with Crippen LogP contribution in [-0.4, -0.2) is 197 Å². The van der Waals surface area contributed by atoms with Crippen molar-refractivity contribution in [1.82, 2.24) is 10.6 Å². The Morgan fingerprint density at radius 3 is 1.82 bits per heavy atom. The van der Waals surface area contributed by atoms with E-state index in [0.29, 0.717) is 0 Å². The van der Waals surface area contributed by atoms with Gasteiger partial charge in [0, 0.05) is 6.54 Å². The Hall–Kier alpha value is -1.80. The van der Waals surface area contributed by atoms with Crippen molar-refractivity contribution >= 4 is 0 Å². The highest BCUT2D eigenvalue weighted by Gasteiger charge is 2.53. The predicted molar refractivity (Wildman–Crippen MR) is 169 cm³/mol. The minimum atomic E-state index is -1.91. The average molecular weight is 735 g/mol. The Morgan fingerprint density at radius 2 is 1.22 bits per heavy atom. The number of ether oxygens (including phenoxy) is 5. The van der Waals surface area contributed by atoms with E-state index < -0.39 is 136 Å². The van der Waals surface area contributed by atoms with Crippen LogP contribution in [0.4, 0.5) is 0 Å². The lowest BCUT2D eigenvalue weighted by atomic mass is 9.86. The summed E-state index contributed by atoms with van der Waals surface area (Å²) in [5.74, 6) is 0. The molecule has 0 bridgehead atoms. The van der Waals surface area contributed by atoms with Gasteiger partial charge in [-0.1, -0.05) is 36.4 Å². The second kappa shape index (κ2) is 17.6. The van der Waals surface area contributed by atoms with Gasteiger partial charge in [0.25, 0.3) is 0 Å². The first-order chi connectivity index (χ1) is 24.3. The van der Waals surface area contributed by atoms with Crippen LogP contribution in [0.15, 0.2) is 42.0 Å². The summed E-state index contributed by atoms with van der Waals surface area (Å²) in [6.45, 7) is -0.339. The topological polar surface area (TPSA) is 313 Å². The Kier molecular flexibility index (Phi) is 13.9. The van der Waals surface area contributed by atoms with Gasteiger partial charge in [-0.3, -0.25) is 5.32 Å². The Balaban J connectivity index is 1.20. The first-order valence-electron chi connectivity index (χ1n) is 16.8. The van der Waals surface area contributed by atoms with E-state index in [9.17, 15) is 61.3 Å². The molecule has 19 heteroatoms. The van der Waals surface area contributed by atoms with Gasteiger partial charge in [0.15, 0.2) is 12.6 Å². The molecule has 14 N–H and O–H groups in total. The van der Waals surface area contributed by atoms with E-state index in [1.807, 2.05) is 30.3 Å². The van der Waals surface area contributed by atoms with Gasteiger partial charge in [0.2, 0.25) is 0 Å². The second-order valence-electron chi connectivity index (χ2n) is 13.3. The molecule has 3 saturated heterocycles. The molecule has 0 saturated carbocycles. The van der Waals surface area contributed by atoms with Crippen LogP contribution < -0.4 is 10.6 Å². The van der Waals surface area contributed by atoms with E-state index in [4.69, 9.17) is 23.7 Å². The molecule has 0 radical (unpaired) electrons. The van der Waals surface area contributed by atoms with E-state index in [0.717, 1.165) is 5.56 Å². The van der Waals surface area contributed by atoms with Crippen LogP contribution >= 0.6 is 0 Å². The number of nitrogens with one attached hydrogen (secondary N) is 2. The van der Waals surface area contributed by atoms with Crippen molar-refractivity contribution in [1.29, 1.82) is 0 Å². The third kappa shape index (κ3) is 8.63. The van der Waals surface area contributed by atoms with E-state index in [2.05, 4.69) is 10.6 Å². The van der Waals surface area contributed by atoms with Crippen LogP contribution in [0, 0.1) is 0 Å². The minimum Gasteiger partial charge on any atom is -0.394 e. The summed E-state index contributed by atoms with van der Waals surface area (Å²) >= 11 is 0. The van der Waals surface area contributed by atoms with Crippen LogP contribution in [0.25, 0.3) is 0 Å². The summed E-state index contributed by atoms with van der Waals surface area (Å²) < 4.78 is 28.7. The molecule has 5 rings (SSSR count). The number of aliphatic hydroxyl groups is 12. The number of aliphatic hydroxyl groups excluding tert-OH is 12. The van der Waals surface area contributed by atoms with E-state index in [1.54, 1.807) is 0 Å². The number of hydrogen-bond donors (Lipinski definition) is 14. The van der Waals surface area contributed by atoms with Gasteiger partial charge in [-0.15, -0.1) is 0 Å². The normalized spacial score (nSPS) is 46.5. The molecule has 290 valence electrons. The molecule has 3 heterocycles. The lowest BCUT2D eigenvalue weighted by Gasteiger charge is -2.49. The number of rotatable bonds is 12. The smallest absolute Gasteiger partial charge is 0.187 e. The molecule has 19 nitrogen and oxygen atoms in total. The standard InChI is InChI=1S/C32H50N2O17/c1-12-18(34-15-7-14(9-35)19(38)22(41)20(15)39)21(40)26(45)31(47-12)50-29-17(11-37)49-32(27(46)24(29)43)51-28-16(10-36)48-30(25(44)23(28)42)33-8-13-5-3-2-4-6-13/h2-7,12,15-46H,8-11H2,1H3. The molecule has 1 aromatic rings. The van der Waals surface area contributed by atoms with E-state index in [-0.39, 0.29) is 12.1 Å². The third-order valence-corrected chi connectivity index (χ3v) is 9.85. The Bertz CT molecular complexity index is 1260. The van der Waals surface area contributed by atoms with Gasteiger partial charge in [0.05, 0.1) is 38.0 Å². The van der Waals surface area contributed by atoms with Gasteiger partial charge >= 0.3 is 0 Å². The van der Waals surface area contributed by atoms with Crippen molar-refractivity contribution in [3.8, 4) is 0 Å². The summed E-state index contributed by atoms with van der Waals surface area (Å²) in [4.78, 5) is 0. The molecule has 0 amide bonds. The molecular formula is C32H50N2O17. The molecule has 0 aromatic heterocycles. The fourth-order valence-electron chi connectivity index (χ4n) is 6.82. The van der Waals surface area contributed by atoms with Crippen molar-refractivity contribution in [3.63, 3.8) is 0 Å². The molecule has 51 heavy (non-hydrogen) atoms. The van der Waals surface area contributed by atoms with Gasteiger partial charge in [-0.25, -0.2) is 0 Å². The summed E-state index contributed by atoms with van der Waals surface area (Å²) in [5, 5.41) is 132. The zero-order valence-corrected chi connectivity index (χ0v) is 27.7. The van der Waals surface area contributed by atoms with Crippen LogP contribution in [0.5, 0.6) is 0 Å². The summed E-state index contributed by atoms with van der Waals surface area (Å²) in [6, 6.07) is 7.00. The molecule has 19 atom stereocenters. The summed E-state index contributed by atoms with van der Waals surface area (Å²) in [6.07, 6.45) is -25.0. The van der Waals surface area contributed by atoms with Gasteiger partial charge in [-0.2, -0.15) is 0 Å².